The maximum absolute atomic E-state index is 14.7. The predicted molar refractivity (Wildman–Crippen MR) is 113 cm³/mol. The normalized spacial score (nSPS) is 18.3. The van der Waals surface area contributed by atoms with Gasteiger partial charge in [0.1, 0.15) is 26.3 Å². The quantitative estimate of drug-likeness (QED) is 0.541. The van der Waals surface area contributed by atoms with E-state index < -0.39 is 22.9 Å². The number of methoxy groups -OCH3 is 1. The van der Waals surface area contributed by atoms with Crippen LogP contribution in [0.15, 0.2) is 48.5 Å². The van der Waals surface area contributed by atoms with E-state index in [1.54, 1.807) is 25.1 Å². The molecule has 2 aromatic carbocycles. The van der Waals surface area contributed by atoms with Crippen molar-refractivity contribution in [3.05, 3.63) is 69.8 Å². The summed E-state index contributed by atoms with van der Waals surface area (Å²) in [5.41, 5.74) is -0.193. The standard InChI is InChI=1S/C22H17ClFNO3S/c1-3-22(13-9-5-6-10-14(13)24)18(26)17-16(12-8-4-7-11-15(12)28-2)19(23)29-20(17)25-21(22)27/h4-11H,3H2,1-2H3,(H,25,27). The number of para-hydroxylation sites is 1. The topological polar surface area (TPSA) is 55.4 Å². The van der Waals surface area contributed by atoms with Gasteiger partial charge in [0.25, 0.3) is 0 Å². The molecule has 0 saturated heterocycles. The van der Waals surface area contributed by atoms with Crippen LogP contribution in [0, 0.1) is 5.82 Å². The smallest absolute Gasteiger partial charge is 0.243 e. The fourth-order valence-corrected chi connectivity index (χ4v) is 5.25. The molecule has 1 aromatic heterocycles. The second kappa shape index (κ2) is 7.28. The van der Waals surface area contributed by atoms with E-state index in [-0.39, 0.29) is 17.5 Å². The van der Waals surface area contributed by atoms with Gasteiger partial charge in [0, 0.05) is 16.7 Å². The zero-order chi connectivity index (χ0) is 20.8. The lowest BCUT2D eigenvalue weighted by atomic mass is 9.69. The Bertz CT molecular complexity index is 1140. The summed E-state index contributed by atoms with van der Waals surface area (Å²) >= 11 is 7.62. The van der Waals surface area contributed by atoms with Crippen molar-refractivity contribution in [1.29, 1.82) is 0 Å². The number of fused-ring (bicyclic) bond motifs is 1. The molecule has 1 aliphatic rings. The van der Waals surface area contributed by atoms with Crippen LogP contribution < -0.4 is 10.1 Å². The van der Waals surface area contributed by atoms with Crippen molar-refractivity contribution < 1.29 is 18.7 Å². The van der Waals surface area contributed by atoms with Crippen molar-refractivity contribution >= 4 is 39.6 Å². The Kier molecular flexibility index (Phi) is 4.92. The molecule has 1 atom stereocenters. The second-order valence-electron chi connectivity index (χ2n) is 6.68. The average molecular weight is 430 g/mol. The zero-order valence-electron chi connectivity index (χ0n) is 15.7. The number of hydrogen-bond acceptors (Lipinski definition) is 4. The highest BCUT2D eigenvalue weighted by atomic mass is 35.5. The van der Waals surface area contributed by atoms with Gasteiger partial charge in [-0.1, -0.05) is 54.9 Å². The fraction of sp³-hybridized carbons (Fsp3) is 0.182. The van der Waals surface area contributed by atoms with E-state index in [2.05, 4.69) is 5.32 Å². The third kappa shape index (κ3) is 2.78. The number of carbonyl (C=O) groups is 2. The number of hydrogen-bond donors (Lipinski definition) is 1. The number of halogens is 2. The van der Waals surface area contributed by atoms with Crippen molar-refractivity contribution in [1.82, 2.24) is 0 Å². The van der Waals surface area contributed by atoms with Crippen LogP contribution in [0.3, 0.4) is 0 Å². The van der Waals surface area contributed by atoms with E-state index in [1.807, 2.05) is 12.1 Å². The third-order valence-corrected chi connectivity index (χ3v) is 6.65. The molecule has 0 fully saturated rings. The SMILES string of the molecule is CCC1(c2ccccc2F)C(=O)Nc2sc(Cl)c(-c3ccccc3OC)c2C1=O. The lowest BCUT2D eigenvalue weighted by Gasteiger charge is -2.34. The van der Waals surface area contributed by atoms with Gasteiger partial charge in [0.2, 0.25) is 5.91 Å². The Labute approximate surface area is 176 Å². The van der Waals surface area contributed by atoms with Gasteiger partial charge in [-0.2, -0.15) is 0 Å². The van der Waals surface area contributed by atoms with Crippen molar-refractivity contribution in [2.45, 2.75) is 18.8 Å². The van der Waals surface area contributed by atoms with Gasteiger partial charge >= 0.3 is 0 Å². The molecular weight excluding hydrogens is 413 g/mol. The largest absolute Gasteiger partial charge is 0.496 e. The molecule has 2 heterocycles. The fourth-order valence-electron chi connectivity index (χ4n) is 3.89. The Morgan fingerprint density at radius 1 is 1.10 bits per heavy atom. The van der Waals surface area contributed by atoms with Gasteiger partial charge in [-0.25, -0.2) is 4.39 Å². The number of amides is 1. The molecule has 1 amide bonds. The maximum atomic E-state index is 14.7. The first-order valence-corrected chi connectivity index (χ1v) is 10.2. The van der Waals surface area contributed by atoms with E-state index in [4.69, 9.17) is 16.3 Å². The van der Waals surface area contributed by atoms with E-state index in [0.717, 1.165) is 11.3 Å². The minimum absolute atomic E-state index is 0.0592. The highest BCUT2D eigenvalue weighted by Crippen LogP contribution is 2.51. The number of ether oxygens (including phenoxy) is 1. The van der Waals surface area contributed by atoms with Crippen LogP contribution in [0.4, 0.5) is 9.39 Å². The van der Waals surface area contributed by atoms with Crippen LogP contribution >= 0.6 is 22.9 Å². The van der Waals surface area contributed by atoms with Gasteiger partial charge < -0.3 is 10.1 Å². The molecule has 0 saturated carbocycles. The van der Waals surface area contributed by atoms with Gasteiger partial charge in [-0.15, -0.1) is 11.3 Å². The summed E-state index contributed by atoms with van der Waals surface area (Å²) in [6.45, 7) is 1.70. The molecule has 3 aromatic rings. The van der Waals surface area contributed by atoms with Crippen LogP contribution in [0.2, 0.25) is 4.34 Å². The third-order valence-electron chi connectivity index (χ3n) is 5.33. The summed E-state index contributed by atoms with van der Waals surface area (Å²) in [4.78, 5) is 26.9. The molecule has 0 aliphatic carbocycles. The van der Waals surface area contributed by atoms with E-state index in [1.165, 1.54) is 25.3 Å². The van der Waals surface area contributed by atoms with Crippen LogP contribution in [0.5, 0.6) is 5.75 Å². The van der Waals surface area contributed by atoms with Gasteiger partial charge in [0.15, 0.2) is 5.78 Å². The maximum Gasteiger partial charge on any atom is 0.243 e. The number of anilines is 1. The van der Waals surface area contributed by atoms with Crippen molar-refractivity contribution in [3.8, 4) is 16.9 Å². The van der Waals surface area contributed by atoms with E-state index in [0.29, 0.717) is 26.2 Å². The summed E-state index contributed by atoms with van der Waals surface area (Å²) < 4.78 is 20.5. The number of carbonyl (C=O) groups excluding carboxylic acids is 2. The van der Waals surface area contributed by atoms with Crippen LogP contribution in [-0.4, -0.2) is 18.8 Å². The molecule has 7 heteroatoms. The Morgan fingerprint density at radius 2 is 1.79 bits per heavy atom. The number of ketones is 1. The average Bonchev–Trinajstić information content (AvgIpc) is 3.05. The second-order valence-corrected chi connectivity index (χ2v) is 8.30. The number of benzene rings is 2. The Hall–Kier alpha value is -2.70. The highest BCUT2D eigenvalue weighted by Gasteiger charge is 2.53. The molecule has 4 nitrogen and oxygen atoms in total. The molecule has 0 bridgehead atoms. The van der Waals surface area contributed by atoms with Crippen LogP contribution in [-0.2, 0) is 10.2 Å². The Balaban J connectivity index is 2.00. The molecule has 0 spiro atoms. The van der Waals surface area contributed by atoms with Crippen molar-refractivity contribution in [2.75, 3.05) is 12.4 Å². The lowest BCUT2D eigenvalue weighted by molar-refractivity contribution is -0.120. The number of thiophene rings is 1. The molecule has 4 rings (SSSR count). The van der Waals surface area contributed by atoms with Gasteiger partial charge in [-0.3, -0.25) is 9.59 Å². The summed E-state index contributed by atoms with van der Waals surface area (Å²) in [7, 11) is 1.53. The molecule has 1 unspecified atom stereocenters. The monoisotopic (exact) mass is 429 g/mol. The lowest BCUT2D eigenvalue weighted by Crippen LogP contribution is -2.50. The molecule has 29 heavy (non-hydrogen) atoms. The highest BCUT2D eigenvalue weighted by molar-refractivity contribution is 7.21. The molecule has 1 N–H and O–H groups in total. The van der Waals surface area contributed by atoms with E-state index >= 15 is 0 Å². The van der Waals surface area contributed by atoms with Crippen LogP contribution in [0.1, 0.15) is 29.3 Å². The molecule has 148 valence electrons. The Morgan fingerprint density at radius 3 is 2.48 bits per heavy atom. The first-order valence-electron chi connectivity index (χ1n) is 9.02. The molecule has 0 radical (unpaired) electrons. The minimum Gasteiger partial charge on any atom is -0.496 e. The summed E-state index contributed by atoms with van der Waals surface area (Å²) in [6, 6.07) is 13.1. The molecule has 1 aliphatic heterocycles. The van der Waals surface area contributed by atoms with Gasteiger partial charge in [0.05, 0.1) is 12.7 Å². The number of Topliss-reactive ketones (excluding diaryl/α,β-unsaturated/α-hetero) is 1. The van der Waals surface area contributed by atoms with E-state index in [9.17, 15) is 14.0 Å². The van der Waals surface area contributed by atoms with Crippen LogP contribution in [0.25, 0.3) is 11.1 Å². The minimum atomic E-state index is -1.67. The summed E-state index contributed by atoms with van der Waals surface area (Å²) in [6.07, 6.45) is 0.108. The zero-order valence-corrected chi connectivity index (χ0v) is 17.3. The van der Waals surface area contributed by atoms with Gasteiger partial charge in [-0.05, 0) is 18.6 Å². The summed E-state index contributed by atoms with van der Waals surface area (Å²) in [5.74, 6) is -1.06. The van der Waals surface area contributed by atoms with Crippen molar-refractivity contribution in [3.63, 3.8) is 0 Å². The summed E-state index contributed by atoms with van der Waals surface area (Å²) in [5, 5.41) is 3.16. The number of rotatable bonds is 4. The molecular formula is C22H17ClFNO3S. The van der Waals surface area contributed by atoms with Crippen molar-refractivity contribution in [2.24, 2.45) is 0 Å². The predicted octanol–water partition coefficient (Wildman–Crippen LogP) is 5.70. The first-order chi connectivity index (χ1) is 14.0. The first kappa shape index (κ1) is 19.6. The number of nitrogens with one attached hydrogen (secondary N) is 1.